The molecule has 0 aromatic heterocycles. The summed E-state index contributed by atoms with van der Waals surface area (Å²) in [6, 6.07) is 7.60. The molecule has 1 fully saturated rings. The van der Waals surface area contributed by atoms with Crippen molar-refractivity contribution in [1.82, 2.24) is 0 Å². The fraction of sp³-hybridized carbons (Fsp3) is 0.429. The molecule has 17 heavy (non-hydrogen) atoms. The molecule has 0 heterocycles. The highest BCUT2D eigenvalue weighted by Crippen LogP contribution is 2.39. The van der Waals surface area contributed by atoms with Crippen molar-refractivity contribution < 1.29 is 14.7 Å². The molecule has 0 radical (unpaired) electrons. The molecule has 1 N–H and O–H groups in total. The van der Waals surface area contributed by atoms with Gasteiger partial charge in [-0.3, -0.25) is 9.59 Å². The lowest BCUT2D eigenvalue weighted by Gasteiger charge is -2.08. The molecule has 0 bridgehead atoms. The molecule has 3 heteroatoms. The van der Waals surface area contributed by atoms with Gasteiger partial charge >= 0.3 is 5.97 Å². The maximum Gasteiger partial charge on any atom is 0.304 e. The van der Waals surface area contributed by atoms with Gasteiger partial charge in [0.1, 0.15) is 0 Å². The quantitative estimate of drug-likeness (QED) is 0.794. The van der Waals surface area contributed by atoms with E-state index in [1.165, 1.54) is 18.4 Å². The van der Waals surface area contributed by atoms with Crippen LogP contribution in [0.25, 0.3) is 0 Å². The van der Waals surface area contributed by atoms with Gasteiger partial charge in [0, 0.05) is 11.5 Å². The predicted octanol–water partition coefficient (Wildman–Crippen LogP) is 2.86. The van der Waals surface area contributed by atoms with Crippen LogP contribution in [0, 0.1) is 5.92 Å². The maximum atomic E-state index is 11.9. The molecule has 90 valence electrons. The number of benzene rings is 1. The van der Waals surface area contributed by atoms with Gasteiger partial charge in [0.05, 0.1) is 6.42 Å². The van der Waals surface area contributed by atoms with E-state index in [1.807, 2.05) is 24.3 Å². The Labute approximate surface area is 100 Å². The number of carboxylic acids is 1. The highest BCUT2D eigenvalue weighted by molar-refractivity contribution is 5.99. The van der Waals surface area contributed by atoms with E-state index in [-0.39, 0.29) is 12.2 Å². The van der Waals surface area contributed by atoms with Gasteiger partial charge in [-0.25, -0.2) is 0 Å². The molecule has 1 saturated carbocycles. The number of carbonyl (C=O) groups excluding carboxylic acids is 1. The Bertz CT molecular complexity index is 429. The first-order valence-corrected chi connectivity index (χ1v) is 5.94. The van der Waals surface area contributed by atoms with E-state index >= 15 is 0 Å². The van der Waals surface area contributed by atoms with E-state index in [0.29, 0.717) is 11.5 Å². The minimum atomic E-state index is -0.930. The van der Waals surface area contributed by atoms with Crippen LogP contribution in [0.2, 0.25) is 0 Å². The third-order valence-electron chi connectivity index (χ3n) is 3.17. The average molecular weight is 232 g/mol. The summed E-state index contributed by atoms with van der Waals surface area (Å²) < 4.78 is 0. The summed E-state index contributed by atoms with van der Waals surface area (Å²) in [5.41, 5.74) is 1.90. The first kappa shape index (κ1) is 11.8. The molecular weight excluding hydrogens is 216 g/mol. The number of hydrogen-bond donors (Lipinski definition) is 1. The van der Waals surface area contributed by atoms with Crippen molar-refractivity contribution >= 4 is 11.8 Å². The summed E-state index contributed by atoms with van der Waals surface area (Å²) in [7, 11) is 0. The zero-order valence-electron chi connectivity index (χ0n) is 9.85. The summed E-state index contributed by atoms with van der Waals surface area (Å²) in [6.07, 6.45) is 2.37. The highest BCUT2D eigenvalue weighted by atomic mass is 16.4. The molecule has 1 aliphatic rings. The van der Waals surface area contributed by atoms with Gasteiger partial charge in [-0.2, -0.15) is 0 Å². The monoisotopic (exact) mass is 232 g/mol. The summed E-state index contributed by atoms with van der Waals surface area (Å²) in [5, 5.41) is 8.65. The number of carbonyl (C=O) groups is 2. The van der Waals surface area contributed by atoms with E-state index in [0.717, 1.165) is 0 Å². The zero-order chi connectivity index (χ0) is 12.4. The fourth-order valence-electron chi connectivity index (χ4n) is 1.98. The lowest BCUT2D eigenvalue weighted by atomic mass is 9.95. The minimum absolute atomic E-state index is 0.0882. The molecule has 1 atom stereocenters. The van der Waals surface area contributed by atoms with Crippen LogP contribution in [0.4, 0.5) is 0 Å². The van der Waals surface area contributed by atoms with E-state index in [1.54, 1.807) is 6.92 Å². The van der Waals surface area contributed by atoms with E-state index < -0.39 is 11.9 Å². The molecular formula is C14H16O3. The van der Waals surface area contributed by atoms with Crippen LogP contribution in [0.1, 0.15) is 48.0 Å². The number of hydrogen-bond acceptors (Lipinski definition) is 2. The second kappa shape index (κ2) is 4.70. The van der Waals surface area contributed by atoms with Gasteiger partial charge in [-0.15, -0.1) is 0 Å². The van der Waals surface area contributed by atoms with Gasteiger partial charge < -0.3 is 5.11 Å². The van der Waals surface area contributed by atoms with Crippen LogP contribution < -0.4 is 0 Å². The highest BCUT2D eigenvalue weighted by Gasteiger charge is 2.24. The number of rotatable bonds is 5. The van der Waals surface area contributed by atoms with Gasteiger partial charge in [0.15, 0.2) is 5.78 Å². The molecule has 0 spiro atoms. The van der Waals surface area contributed by atoms with Crippen LogP contribution in [0.15, 0.2) is 24.3 Å². The van der Waals surface area contributed by atoms with Gasteiger partial charge in [0.2, 0.25) is 0 Å². The molecule has 0 saturated heterocycles. The van der Waals surface area contributed by atoms with Gasteiger partial charge in [-0.1, -0.05) is 31.2 Å². The average Bonchev–Trinajstić information content (AvgIpc) is 3.11. The number of Topliss-reactive ketones (excluding diaryl/α,β-unsaturated/α-hetero) is 1. The molecule has 3 nitrogen and oxygen atoms in total. The van der Waals surface area contributed by atoms with Crippen molar-refractivity contribution in [2.75, 3.05) is 0 Å². The number of ketones is 1. The molecule has 1 unspecified atom stereocenters. The standard InChI is InChI=1S/C14H16O3/c1-9(8-13(15)16)14(17)12-6-4-11(5-7-12)10-2-3-10/h4-7,9-10H,2-3,8H2,1H3,(H,15,16). The van der Waals surface area contributed by atoms with E-state index in [4.69, 9.17) is 5.11 Å². The maximum absolute atomic E-state index is 11.9. The van der Waals surface area contributed by atoms with Crippen LogP contribution in [0.3, 0.4) is 0 Å². The van der Waals surface area contributed by atoms with Crippen molar-refractivity contribution in [3.05, 3.63) is 35.4 Å². The largest absolute Gasteiger partial charge is 0.481 e. The van der Waals surface area contributed by atoms with Crippen molar-refractivity contribution in [2.45, 2.75) is 32.1 Å². The minimum Gasteiger partial charge on any atom is -0.481 e. The summed E-state index contributed by atoms with van der Waals surface area (Å²) in [5.74, 6) is -0.801. The molecule has 1 aliphatic carbocycles. The molecule has 0 aliphatic heterocycles. The van der Waals surface area contributed by atoms with Crippen LogP contribution in [-0.4, -0.2) is 16.9 Å². The SMILES string of the molecule is CC(CC(=O)O)C(=O)c1ccc(C2CC2)cc1. The number of aliphatic carboxylic acids is 1. The van der Waals surface area contributed by atoms with Crippen LogP contribution >= 0.6 is 0 Å². The Morgan fingerprint density at radius 1 is 1.29 bits per heavy atom. The zero-order valence-corrected chi connectivity index (χ0v) is 9.85. The first-order valence-electron chi connectivity index (χ1n) is 5.94. The topological polar surface area (TPSA) is 54.4 Å². The van der Waals surface area contributed by atoms with Gasteiger partial charge in [0.25, 0.3) is 0 Å². The smallest absolute Gasteiger partial charge is 0.304 e. The summed E-state index contributed by atoms with van der Waals surface area (Å²) in [4.78, 5) is 22.5. The predicted molar refractivity (Wildman–Crippen MR) is 64.2 cm³/mol. The molecule has 2 rings (SSSR count). The second-order valence-corrected chi connectivity index (χ2v) is 4.76. The lowest BCUT2D eigenvalue weighted by molar-refractivity contribution is -0.137. The van der Waals surface area contributed by atoms with Gasteiger partial charge in [-0.05, 0) is 24.3 Å². The molecule has 0 amide bonds. The Morgan fingerprint density at radius 2 is 1.88 bits per heavy atom. The lowest BCUT2D eigenvalue weighted by Crippen LogP contribution is -2.15. The first-order chi connectivity index (χ1) is 8.08. The van der Waals surface area contributed by atoms with Crippen molar-refractivity contribution in [3.8, 4) is 0 Å². The third-order valence-corrected chi connectivity index (χ3v) is 3.17. The number of carboxylic acid groups (broad SMARTS) is 1. The van der Waals surface area contributed by atoms with Crippen molar-refractivity contribution in [2.24, 2.45) is 5.92 Å². The Kier molecular flexibility index (Phi) is 3.27. The van der Waals surface area contributed by atoms with E-state index in [2.05, 4.69) is 0 Å². The Balaban J connectivity index is 2.05. The second-order valence-electron chi connectivity index (χ2n) is 4.76. The summed E-state index contributed by atoms with van der Waals surface area (Å²) >= 11 is 0. The third kappa shape index (κ3) is 2.93. The van der Waals surface area contributed by atoms with Crippen molar-refractivity contribution in [3.63, 3.8) is 0 Å². The van der Waals surface area contributed by atoms with Crippen LogP contribution in [0.5, 0.6) is 0 Å². The van der Waals surface area contributed by atoms with Crippen molar-refractivity contribution in [1.29, 1.82) is 0 Å². The molecule has 1 aromatic rings. The van der Waals surface area contributed by atoms with E-state index in [9.17, 15) is 9.59 Å². The van der Waals surface area contributed by atoms with Crippen LogP contribution in [-0.2, 0) is 4.79 Å². The summed E-state index contributed by atoms with van der Waals surface area (Å²) in [6.45, 7) is 1.66. The Hall–Kier alpha value is -1.64. The fourth-order valence-corrected chi connectivity index (χ4v) is 1.98. The molecule has 1 aromatic carbocycles. The normalized spacial score (nSPS) is 16.5. The Morgan fingerprint density at radius 3 is 2.35 bits per heavy atom.